The highest BCUT2D eigenvalue weighted by atomic mass is 35.5. The van der Waals surface area contributed by atoms with Gasteiger partial charge < -0.3 is 4.42 Å². The van der Waals surface area contributed by atoms with Crippen molar-refractivity contribution in [2.45, 2.75) is 38.3 Å². The number of hydrogen-bond donors (Lipinski definition) is 0. The Hall–Kier alpha value is -1.14. The van der Waals surface area contributed by atoms with Crippen molar-refractivity contribution >= 4 is 23.2 Å². The van der Waals surface area contributed by atoms with E-state index in [1.807, 2.05) is 6.07 Å². The molecule has 0 unspecified atom stereocenters. The molecule has 0 N–H and O–H groups in total. The molecule has 0 radical (unpaired) electrons. The molecule has 4 rings (SSSR count). The molecule has 2 aromatic rings. The second-order valence-electron chi connectivity index (χ2n) is 6.88. The van der Waals surface area contributed by atoms with Crippen LogP contribution < -0.4 is 0 Å². The van der Waals surface area contributed by atoms with Gasteiger partial charge in [-0.05, 0) is 31.0 Å². The smallest absolute Gasteiger partial charge is 0.249 e. The lowest BCUT2D eigenvalue weighted by Crippen LogP contribution is -2.49. The molecule has 0 spiro atoms. The summed E-state index contributed by atoms with van der Waals surface area (Å²) >= 11 is 12.2. The highest BCUT2D eigenvalue weighted by Crippen LogP contribution is 2.29. The Bertz CT molecular complexity index is 722. The van der Waals surface area contributed by atoms with E-state index in [-0.39, 0.29) is 0 Å². The van der Waals surface area contributed by atoms with E-state index in [2.05, 4.69) is 20.0 Å². The summed E-state index contributed by atoms with van der Waals surface area (Å²) in [6, 6.07) is 6.08. The van der Waals surface area contributed by atoms with Crippen LogP contribution in [0.4, 0.5) is 0 Å². The first-order chi connectivity index (χ1) is 12.2. The van der Waals surface area contributed by atoms with E-state index in [9.17, 15) is 0 Å². The van der Waals surface area contributed by atoms with Gasteiger partial charge in [-0.25, -0.2) is 0 Å². The normalized spacial score (nSPS) is 20.4. The van der Waals surface area contributed by atoms with Crippen molar-refractivity contribution in [3.8, 4) is 11.5 Å². The topological polar surface area (TPSA) is 45.4 Å². The zero-order valence-corrected chi connectivity index (χ0v) is 15.6. The molecule has 0 bridgehead atoms. The fourth-order valence-electron chi connectivity index (χ4n) is 3.84. The monoisotopic (exact) mass is 380 g/mol. The largest absolute Gasteiger partial charge is 0.419 e. The molecule has 2 heterocycles. The van der Waals surface area contributed by atoms with Crippen LogP contribution in [-0.4, -0.2) is 52.2 Å². The molecule has 1 aromatic carbocycles. The van der Waals surface area contributed by atoms with E-state index in [0.717, 1.165) is 37.8 Å². The van der Waals surface area contributed by atoms with Gasteiger partial charge in [0.2, 0.25) is 11.8 Å². The lowest BCUT2D eigenvalue weighted by Gasteiger charge is -2.37. The van der Waals surface area contributed by atoms with Crippen LogP contribution in [0.2, 0.25) is 10.0 Å². The maximum absolute atomic E-state index is 6.22. The third kappa shape index (κ3) is 4.00. The van der Waals surface area contributed by atoms with E-state index in [0.29, 0.717) is 28.4 Å². The van der Waals surface area contributed by atoms with Crippen LogP contribution in [0.3, 0.4) is 0 Å². The van der Waals surface area contributed by atoms with E-state index < -0.39 is 0 Å². The van der Waals surface area contributed by atoms with Gasteiger partial charge in [-0.3, -0.25) is 9.80 Å². The Morgan fingerprint density at radius 1 is 1.04 bits per heavy atom. The number of nitrogens with zero attached hydrogens (tertiary/aromatic N) is 4. The minimum atomic E-state index is 0.446. The van der Waals surface area contributed by atoms with Gasteiger partial charge in [-0.2, -0.15) is 0 Å². The van der Waals surface area contributed by atoms with Gasteiger partial charge in [-0.15, -0.1) is 10.2 Å². The second kappa shape index (κ2) is 7.62. The van der Waals surface area contributed by atoms with Gasteiger partial charge in [0.05, 0.1) is 17.1 Å². The fourth-order valence-corrected chi connectivity index (χ4v) is 4.33. The van der Waals surface area contributed by atoms with Crippen molar-refractivity contribution in [2.75, 3.05) is 26.2 Å². The molecule has 0 amide bonds. The zero-order chi connectivity index (χ0) is 17.2. The van der Waals surface area contributed by atoms with Crippen LogP contribution in [0.5, 0.6) is 0 Å². The third-order valence-electron chi connectivity index (χ3n) is 5.24. The lowest BCUT2D eigenvalue weighted by atomic mass is 10.2. The van der Waals surface area contributed by atoms with Crippen LogP contribution in [0.25, 0.3) is 11.5 Å². The molecule has 5 nitrogen and oxygen atoms in total. The number of halogens is 2. The molecule has 0 atom stereocenters. The number of aromatic nitrogens is 2. The molecule has 7 heteroatoms. The zero-order valence-electron chi connectivity index (χ0n) is 14.1. The molecule has 1 aliphatic heterocycles. The molecular formula is C18H22Cl2N4O. The summed E-state index contributed by atoms with van der Waals surface area (Å²) in [5.74, 6) is 1.08. The highest BCUT2D eigenvalue weighted by Gasteiger charge is 2.26. The number of rotatable bonds is 4. The standard InChI is InChI=1S/C18H22Cl2N4O/c19-13-5-6-15(16(20)11-13)18-22-21-17(25-18)12-23-7-9-24(10-8-23)14-3-1-2-4-14/h5-6,11,14H,1-4,7-10,12H2. The van der Waals surface area contributed by atoms with Gasteiger partial charge >= 0.3 is 0 Å². The molecule has 2 fully saturated rings. The predicted molar refractivity (Wildman–Crippen MR) is 98.9 cm³/mol. The van der Waals surface area contributed by atoms with Crippen molar-refractivity contribution in [3.63, 3.8) is 0 Å². The van der Waals surface area contributed by atoms with Crippen molar-refractivity contribution in [2.24, 2.45) is 0 Å². The number of hydrogen-bond acceptors (Lipinski definition) is 5. The van der Waals surface area contributed by atoms with Crippen LogP contribution in [-0.2, 0) is 6.54 Å². The first kappa shape index (κ1) is 17.3. The maximum Gasteiger partial charge on any atom is 0.249 e. The summed E-state index contributed by atoms with van der Waals surface area (Å²) < 4.78 is 5.81. The Morgan fingerprint density at radius 2 is 1.80 bits per heavy atom. The third-order valence-corrected chi connectivity index (χ3v) is 5.78. The van der Waals surface area contributed by atoms with Crippen LogP contribution in [0, 0.1) is 0 Å². The molecule has 1 aromatic heterocycles. The van der Waals surface area contributed by atoms with Gasteiger partial charge in [0.15, 0.2) is 0 Å². The van der Waals surface area contributed by atoms with Gasteiger partial charge in [-0.1, -0.05) is 36.0 Å². The van der Waals surface area contributed by atoms with Gasteiger partial charge in [0, 0.05) is 37.2 Å². The highest BCUT2D eigenvalue weighted by molar-refractivity contribution is 6.36. The maximum atomic E-state index is 6.22. The van der Waals surface area contributed by atoms with Crippen LogP contribution in [0.1, 0.15) is 31.6 Å². The van der Waals surface area contributed by atoms with Crippen molar-refractivity contribution < 1.29 is 4.42 Å². The number of benzene rings is 1. The molecule has 134 valence electrons. The molecule has 25 heavy (non-hydrogen) atoms. The molecule has 2 aliphatic rings. The summed E-state index contributed by atoms with van der Waals surface area (Å²) in [7, 11) is 0. The second-order valence-corrected chi connectivity index (χ2v) is 7.72. The summed E-state index contributed by atoms with van der Waals surface area (Å²) in [5.41, 5.74) is 0.718. The molecule has 1 saturated carbocycles. The van der Waals surface area contributed by atoms with E-state index in [1.165, 1.54) is 25.7 Å². The van der Waals surface area contributed by atoms with Crippen LogP contribution >= 0.6 is 23.2 Å². The molecule has 1 aliphatic carbocycles. The van der Waals surface area contributed by atoms with E-state index >= 15 is 0 Å². The summed E-state index contributed by atoms with van der Waals surface area (Å²) in [6.45, 7) is 5.06. The number of piperazine rings is 1. The summed E-state index contributed by atoms with van der Waals surface area (Å²) in [6.07, 6.45) is 5.52. The average molecular weight is 381 g/mol. The predicted octanol–water partition coefficient (Wildman–Crippen LogP) is 4.10. The minimum Gasteiger partial charge on any atom is -0.419 e. The fraction of sp³-hybridized carbons (Fsp3) is 0.556. The summed E-state index contributed by atoms with van der Waals surface area (Å²) in [5, 5.41) is 9.43. The Kier molecular flexibility index (Phi) is 5.27. The quantitative estimate of drug-likeness (QED) is 0.798. The minimum absolute atomic E-state index is 0.446. The Labute approximate surface area is 157 Å². The van der Waals surface area contributed by atoms with Crippen molar-refractivity contribution in [1.82, 2.24) is 20.0 Å². The van der Waals surface area contributed by atoms with Gasteiger partial charge in [0.1, 0.15) is 0 Å². The lowest BCUT2D eigenvalue weighted by molar-refractivity contribution is 0.0884. The summed E-state index contributed by atoms with van der Waals surface area (Å²) in [4.78, 5) is 5.03. The average Bonchev–Trinajstić information content (AvgIpc) is 3.28. The Morgan fingerprint density at radius 3 is 2.52 bits per heavy atom. The first-order valence-electron chi connectivity index (χ1n) is 8.93. The van der Waals surface area contributed by atoms with E-state index in [1.54, 1.807) is 12.1 Å². The molecular weight excluding hydrogens is 359 g/mol. The first-order valence-corrected chi connectivity index (χ1v) is 9.69. The van der Waals surface area contributed by atoms with Crippen LogP contribution in [0.15, 0.2) is 22.6 Å². The SMILES string of the molecule is Clc1ccc(-c2nnc(CN3CCN(C4CCCC4)CC3)o2)c(Cl)c1. The van der Waals surface area contributed by atoms with Crippen molar-refractivity contribution in [1.29, 1.82) is 0 Å². The van der Waals surface area contributed by atoms with E-state index in [4.69, 9.17) is 27.6 Å². The molecule has 1 saturated heterocycles. The van der Waals surface area contributed by atoms with Gasteiger partial charge in [0.25, 0.3) is 0 Å². The Balaban J connectivity index is 1.35. The van der Waals surface area contributed by atoms with Crippen molar-refractivity contribution in [3.05, 3.63) is 34.1 Å².